The molecule has 7 rings (SSSR count). The molecule has 4 aromatic carbocycles. The Morgan fingerprint density at radius 3 is 2.07 bits per heavy atom. The monoisotopic (exact) mass is 779 g/mol. The van der Waals surface area contributed by atoms with Crippen LogP contribution in [0.4, 0.5) is 32.0 Å². The number of anilines is 1. The molecule has 1 saturated heterocycles. The fourth-order valence-electron chi connectivity index (χ4n) is 9.02. The van der Waals surface area contributed by atoms with Gasteiger partial charge < -0.3 is 0 Å². The van der Waals surface area contributed by atoms with Gasteiger partial charge in [0.05, 0.1) is 6.67 Å². The third-order valence-electron chi connectivity index (χ3n) is 11.6. The SMILES string of the molecule is CC1Cc2c([nH]c3ccc(F)cc23)C(c2c(F)cc(NC3CN(CCCF)C3)cc2F)N1CC(F)(F)CO[SiH-](c1ccccc1)(c1ccccc1)C(C)(C)C. The van der Waals surface area contributed by atoms with Crippen molar-refractivity contribution in [3.8, 4) is 0 Å². The standard InChI is InChI=1S/C43H49F6N4OSi/c1-28-20-35-34-21-29(45)16-17-38(34)51-40(35)41(39-36(46)22-30(23-37(39)47)50-31-24-52(25-31)19-11-18-44)53(28)26-43(48,49)27-54-55(42(2,3)4,32-12-7-5-8-13-32)33-14-9-6-10-15-33/h5-10,12-17,21-23,28,31,41,50-51,55H,11,18-20,24-27H2,1-4H3/q-1. The minimum absolute atomic E-state index is 0.0689. The molecule has 55 heavy (non-hydrogen) atoms. The first-order chi connectivity index (χ1) is 26.2. The third kappa shape index (κ3) is 7.70. The van der Waals surface area contributed by atoms with Gasteiger partial charge >= 0.3 is 278 Å². The number of aromatic nitrogens is 1. The fourth-order valence-corrected chi connectivity index (χ4v) is 14.3. The number of rotatable bonds is 13. The van der Waals surface area contributed by atoms with E-state index in [1.54, 1.807) is 13.0 Å². The van der Waals surface area contributed by atoms with E-state index < -0.39 is 68.6 Å². The van der Waals surface area contributed by atoms with Crippen LogP contribution in [0.15, 0.2) is 91.0 Å². The molecule has 0 radical (unpaired) electrons. The molecule has 0 saturated carbocycles. The van der Waals surface area contributed by atoms with Crippen molar-refractivity contribution in [1.82, 2.24) is 14.8 Å². The number of hydrogen-bond acceptors (Lipinski definition) is 4. The van der Waals surface area contributed by atoms with Crippen molar-refractivity contribution in [2.75, 3.05) is 44.8 Å². The van der Waals surface area contributed by atoms with Gasteiger partial charge in [-0.1, -0.05) is 0 Å². The average Bonchev–Trinajstić information content (AvgIpc) is 3.47. The van der Waals surface area contributed by atoms with Crippen LogP contribution in [0.2, 0.25) is 5.04 Å². The Morgan fingerprint density at radius 1 is 0.873 bits per heavy atom. The van der Waals surface area contributed by atoms with Crippen molar-refractivity contribution in [2.24, 2.45) is 0 Å². The molecule has 0 aliphatic carbocycles. The quantitative estimate of drug-likeness (QED) is 0.0933. The van der Waals surface area contributed by atoms with Crippen molar-refractivity contribution in [3.63, 3.8) is 0 Å². The fraction of sp³-hybridized carbons (Fsp3) is 0.395. The normalized spacial score (nSPS) is 19.0. The van der Waals surface area contributed by atoms with Gasteiger partial charge in [0.25, 0.3) is 0 Å². The molecule has 1 aromatic heterocycles. The van der Waals surface area contributed by atoms with Crippen molar-refractivity contribution in [3.05, 3.63) is 125 Å². The van der Waals surface area contributed by atoms with E-state index in [0.29, 0.717) is 48.2 Å². The second-order valence-corrected chi connectivity index (χ2v) is 21.4. The van der Waals surface area contributed by atoms with E-state index in [4.69, 9.17) is 4.43 Å². The van der Waals surface area contributed by atoms with Crippen molar-refractivity contribution < 1.29 is 30.8 Å². The molecule has 3 heterocycles. The van der Waals surface area contributed by atoms with E-state index >= 15 is 17.6 Å². The van der Waals surface area contributed by atoms with Crippen LogP contribution in [-0.4, -0.2) is 80.6 Å². The molecule has 294 valence electrons. The van der Waals surface area contributed by atoms with E-state index in [0.717, 1.165) is 10.4 Å². The summed E-state index contributed by atoms with van der Waals surface area (Å²) >= 11 is 0. The predicted molar refractivity (Wildman–Crippen MR) is 211 cm³/mol. The third-order valence-corrected chi connectivity index (χ3v) is 17.3. The first-order valence-corrected chi connectivity index (χ1v) is 21.3. The number of H-pyrrole nitrogens is 1. The van der Waals surface area contributed by atoms with E-state index in [1.807, 2.05) is 81.4 Å². The summed E-state index contributed by atoms with van der Waals surface area (Å²) < 4.78 is 100. The van der Waals surface area contributed by atoms with Crippen LogP contribution >= 0.6 is 0 Å². The number of nitrogens with one attached hydrogen (secondary N) is 2. The van der Waals surface area contributed by atoms with Crippen molar-refractivity contribution in [1.29, 1.82) is 0 Å². The van der Waals surface area contributed by atoms with E-state index in [2.05, 4.69) is 15.2 Å². The van der Waals surface area contributed by atoms with Gasteiger partial charge in [-0.3, -0.25) is 9.29 Å². The number of hydrogen-bond donors (Lipinski definition) is 2. The second kappa shape index (κ2) is 15.4. The summed E-state index contributed by atoms with van der Waals surface area (Å²) in [6.07, 6.45) is 0.681. The Morgan fingerprint density at radius 2 is 1.49 bits per heavy atom. The summed E-state index contributed by atoms with van der Waals surface area (Å²) in [6.45, 7) is 7.50. The molecule has 2 aliphatic heterocycles. The van der Waals surface area contributed by atoms with Gasteiger partial charge in [-0.15, -0.1) is 0 Å². The molecule has 2 aliphatic rings. The molecule has 1 fully saturated rings. The van der Waals surface area contributed by atoms with Crippen LogP contribution in [0, 0.1) is 17.5 Å². The number of alkyl halides is 3. The van der Waals surface area contributed by atoms with Gasteiger partial charge in [-0.25, -0.2) is 0 Å². The Kier molecular flexibility index (Phi) is 11.0. The number of nitrogens with zero attached hydrogens (tertiary/aromatic N) is 2. The number of halogens is 6. The Balaban J connectivity index is 1.24. The van der Waals surface area contributed by atoms with Crippen LogP contribution in [-0.2, 0) is 10.8 Å². The number of fused-ring (bicyclic) bond motifs is 3. The van der Waals surface area contributed by atoms with E-state index in [-0.39, 0.29) is 23.7 Å². The van der Waals surface area contributed by atoms with Gasteiger partial charge in [0.2, 0.25) is 0 Å². The van der Waals surface area contributed by atoms with Crippen LogP contribution < -0.4 is 15.7 Å². The van der Waals surface area contributed by atoms with Gasteiger partial charge in [0.1, 0.15) is 0 Å². The van der Waals surface area contributed by atoms with Crippen molar-refractivity contribution >= 4 is 35.3 Å². The molecule has 5 aromatic rings. The summed E-state index contributed by atoms with van der Waals surface area (Å²) in [4.78, 5) is 6.74. The van der Waals surface area contributed by atoms with Crippen LogP contribution in [0.5, 0.6) is 0 Å². The molecule has 0 amide bonds. The average molecular weight is 780 g/mol. The molecule has 2 atom stereocenters. The van der Waals surface area contributed by atoms with Gasteiger partial charge in [-0.2, -0.15) is 0 Å². The summed E-state index contributed by atoms with van der Waals surface area (Å²) in [5, 5.41) is 4.96. The summed E-state index contributed by atoms with van der Waals surface area (Å²) in [5.74, 6) is -5.69. The zero-order valence-corrected chi connectivity index (χ0v) is 32.9. The molecular weight excluding hydrogens is 731 g/mol. The second-order valence-electron chi connectivity index (χ2n) is 16.5. The molecular formula is C43H49F6N4OSi-. The van der Waals surface area contributed by atoms with Crippen LogP contribution in [0.3, 0.4) is 0 Å². The summed E-state index contributed by atoms with van der Waals surface area (Å²) in [7, 11) is -3.76. The Labute approximate surface area is 319 Å². The molecule has 2 N–H and O–H groups in total. The molecule has 0 bridgehead atoms. The van der Waals surface area contributed by atoms with Crippen LogP contribution in [0.25, 0.3) is 10.9 Å². The number of aromatic amines is 1. The number of likely N-dealkylation sites (tertiary alicyclic amines) is 1. The molecule has 2 unspecified atom stereocenters. The van der Waals surface area contributed by atoms with Gasteiger partial charge in [-0.05, 0) is 6.42 Å². The first kappa shape index (κ1) is 39.1. The Bertz CT molecular complexity index is 2040. The number of benzene rings is 4. The molecule has 0 spiro atoms. The van der Waals surface area contributed by atoms with Gasteiger partial charge in [0, 0.05) is 19.6 Å². The topological polar surface area (TPSA) is 43.5 Å². The minimum atomic E-state index is -3.76. The zero-order valence-electron chi connectivity index (χ0n) is 31.7. The van der Waals surface area contributed by atoms with E-state index in [9.17, 15) is 8.78 Å². The zero-order chi connectivity index (χ0) is 39.1. The van der Waals surface area contributed by atoms with E-state index in [1.165, 1.54) is 29.2 Å². The molecule has 12 heteroatoms. The first-order valence-electron chi connectivity index (χ1n) is 19.1. The summed E-state index contributed by atoms with van der Waals surface area (Å²) in [6, 6.07) is 23.8. The maximum absolute atomic E-state index is 16.8. The Hall–Kier alpha value is -4.10. The summed E-state index contributed by atoms with van der Waals surface area (Å²) in [5.41, 5.74) is 1.41. The van der Waals surface area contributed by atoms with Crippen LogP contribution in [0.1, 0.15) is 57.0 Å². The maximum atomic E-state index is 16.8. The molecule has 5 nitrogen and oxygen atoms in total. The van der Waals surface area contributed by atoms with Crippen molar-refractivity contribution in [2.45, 2.75) is 69.6 Å². The van der Waals surface area contributed by atoms with Gasteiger partial charge in [0.15, 0.2) is 0 Å². The predicted octanol–water partition coefficient (Wildman–Crippen LogP) is 8.32.